The van der Waals surface area contributed by atoms with Crippen molar-refractivity contribution in [2.24, 2.45) is 5.84 Å². The summed E-state index contributed by atoms with van der Waals surface area (Å²) >= 11 is 1.51. The summed E-state index contributed by atoms with van der Waals surface area (Å²) in [5.74, 6) is 4.21. The van der Waals surface area contributed by atoms with Gasteiger partial charge in [0.25, 0.3) is 5.91 Å². The van der Waals surface area contributed by atoms with Crippen molar-refractivity contribution < 1.29 is 19.5 Å². The van der Waals surface area contributed by atoms with E-state index in [1.54, 1.807) is 0 Å². The second-order valence-electron chi connectivity index (χ2n) is 7.52. The number of hydrogen-bond acceptors (Lipinski definition) is 5. The van der Waals surface area contributed by atoms with Crippen LogP contribution in [-0.4, -0.2) is 40.4 Å². The zero-order valence-electron chi connectivity index (χ0n) is 18.6. The number of thioether (sulfide) groups is 1. The predicted octanol–water partition coefficient (Wildman–Crippen LogP) is 3.48. The second kappa shape index (κ2) is 16.7. The minimum Gasteiger partial charge on any atom is -0.481 e. The number of nitrogens with one attached hydrogen (secondary N) is 2. The monoisotopic (exact) mass is 439 g/mol. The Labute approximate surface area is 184 Å². The van der Waals surface area contributed by atoms with Crippen LogP contribution in [0.5, 0.6) is 0 Å². The van der Waals surface area contributed by atoms with E-state index in [4.69, 9.17) is 10.9 Å². The van der Waals surface area contributed by atoms with Gasteiger partial charge in [0.15, 0.2) is 0 Å². The molecule has 7 nitrogen and oxygen atoms in total. The first kappa shape index (κ1) is 27.9. The van der Waals surface area contributed by atoms with Gasteiger partial charge in [-0.05, 0) is 53.4 Å². The number of carbonyl (C=O) groups excluding carboxylic acids is 2. The Kier molecular flexibility index (Phi) is 15.6. The summed E-state index contributed by atoms with van der Waals surface area (Å²) in [6.07, 6.45) is 10.4. The largest absolute Gasteiger partial charge is 0.481 e. The molecule has 1 atom stereocenters. The van der Waals surface area contributed by atoms with Gasteiger partial charge in [-0.3, -0.25) is 19.8 Å². The van der Waals surface area contributed by atoms with E-state index >= 15 is 0 Å². The molecule has 0 heterocycles. The van der Waals surface area contributed by atoms with Crippen molar-refractivity contribution in [2.75, 3.05) is 11.5 Å². The Balaban J connectivity index is 4.32. The third kappa shape index (κ3) is 15.8. The van der Waals surface area contributed by atoms with Crippen LogP contribution in [0.25, 0.3) is 0 Å². The van der Waals surface area contributed by atoms with Crippen molar-refractivity contribution in [2.45, 2.75) is 72.3 Å². The van der Waals surface area contributed by atoms with Crippen LogP contribution >= 0.6 is 11.8 Å². The summed E-state index contributed by atoms with van der Waals surface area (Å²) in [5, 5.41) is 11.2. The number of hydrogen-bond donors (Lipinski definition) is 4. The number of amides is 2. The summed E-state index contributed by atoms with van der Waals surface area (Å²) in [6.45, 7) is 8.48. The highest BCUT2D eigenvalue weighted by molar-refractivity contribution is 7.99. The van der Waals surface area contributed by atoms with Gasteiger partial charge >= 0.3 is 5.97 Å². The maximum Gasteiger partial charge on any atom is 0.303 e. The number of allylic oxidation sites excluding steroid dienone is 5. The van der Waals surface area contributed by atoms with E-state index in [1.807, 2.05) is 5.43 Å². The van der Waals surface area contributed by atoms with Gasteiger partial charge in [0, 0.05) is 17.9 Å². The van der Waals surface area contributed by atoms with Gasteiger partial charge in [0.2, 0.25) is 5.91 Å². The number of aliphatic carboxylic acids is 1. The van der Waals surface area contributed by atoms with Crippen LogP contribution in [-0.2, 0) is 14.4 Å². The molecule has 0 aliphatic carbocycles. The van der Waals surface area contributed by atoms with Crippen LogP contribution in [0, 0.1) is 0 Å². The van der Waals surface area contributed by atoms with Gasteiger partial charge in [-0.15, -0.1) is 0 Å². The highest BCUT2D eigenvalue weighted by Crippen LogP contribution is 2.13. The molecule has 30 heavy (non-hydrogen) atoms. The summed E-state index contributed by atoms with van der Waals surface area (Å²) in [5.41, 5.74) is 6.07. The maximum absolute atomic E-state index is 11.8. The molecule has 0 fully saturated rings. The zero-order valence-corrected chi connectivity index (χ0v) is 19.4. The fraction of sp³-hybridized carbons (Fsp3) is 0.591. The molecule has 0 aromatic heterocycles. The normalized spacial score (nSPS) is 12.8. The van der Waals surface area contributed by atoms with Crippen molar-refractivity contribution in [3.05, 3.63) is 34.9 Å². The Hall–Kier alpha value is -2.06. The first-order valence-electron chi connectivity index (χ1n) is 10.2. The highest BCUT2D eigenvalue weighted by Gasteiger charge is 2.20. The number of nitrogens with two attached hydrogens (primary N) is 1. The summed E-state index contributed by atoms with van der Waals surface area (Å²) in [7, 11) is 0. The molecular weight excluding hydrogens is 402 g/mol. The molecule has 0 bridgehead atoms. The Morgan fingerprint density at radius 3 is 2.10 bits per heavy atom. The van der Waals surface area contributed by atoms with Gasteiger partial charge in [-0.25, -0.2) is 5.84 Å². The van der Waals surface area contributed by atoms with Crippen molar-refractivity contribution in [3.63, 3.8) is 0 Å². The molecule has 170 valence electrons. The van der Waals surface area contributed by atoms with Gasteiger partial charge < -0.3 is 10.4 Å². The average Bonchev–Trinajstić information content (AvgIpc) is 2.67. The second-order valence-corrected chi connectivity index (χ2v) is 8.59. The Morgan fingerprint density at radius 1 is 0.933 bits per heavy atom. The molecule has 0 radical (unpaired) electrons. The summed E-state index contributed by atoms with van der Waals surface area (Å²) in [6, 6.07) is -0.790. The minimum atomic E-state index is -1.06. The van der Waals surface area contributed by atoms with Gasteiger partial charge in [0.05, 0.1) is 6.42 Å². The summed E-state index contributed by atoms with van der Waals surface area (Å²) in [4.78, 5) is 34.1. The lowest BCUT2D eigenvalue weighted by Gasteiger charge is -2.16. The number of carboxylic acid groups (broad SMARTS) is 1. The molecule has 1 unspecified atom stereocenters. The van der Waals surface area contributed by atoms with Crippen molar-refractivity contribution in [1.29, 1.82) is 0 Å². The van der Waals surface area contributed by atoms with E-state index in [-0.39, 0.29) is 12.8 Å². The molecule has 0 rings (SSSR count). The van der Waals surface area contributed by atoms with Crippen LogP contribution in [0.3, 0.4) is 0 Å². The van der Waals surface area contributed by atoms with E-state index in [1.165, 1.54) is 28.5 Å². The van der Waals surface area contributed by atoms with E-state index in [0.29, 0.717) is 11.5 Å². The minimum absolute atomic E-state index is 0.172. The quantitative estimate of drug-likeness (QED) is 0.102. The molecule has 0 saturated heterocycles. The molecule has 0 saturated carbocycles. The van der Waals surface area contributed by atoms with Crippen LogP contribution in [0.2, 0.25) is 0 Å². The molecule has 8 heteroatoms. The molecule has 0 aromatic rings. The standard InChI is InChI=1S/C22H37N3O4S/c1-16(2)7-5-8-17(3)9-6-10-18(4)13-14-30-15-19(22(29)25-23)24-20(26)11-12-21(27)28/h7,9,13,19H,5-6,8,10-12,14-15,23H2,1-4H3,(H,24,26)(H,25,29)(H,27,28). The van der Waals surface area contributed by atoms with Gasteiger partial charge in [0.1, 0.15) is 6.04 Å². The number of hydrazine groups is 1. The lowest BCUT2D eigenvalue weighted by atomic mass is 10.1. The lowest BCUT2D eigenvalue weighted by molar-refractivity contribution is -0.139. The SMILES string of the molecule is CC(C)=CCCC(C)=CCCC(C)=CCSCC(NC(=O)CCC(=O)O)C(=O)NN. The third-order valence-electron chi connectivity index (χ3n) is 4.32. The molecule has 0 aliphatic rings. The van der Waals surface area contributed by atoms with Crippen LogP contribution < -0.4 is 16.6 Å². The van der Waals surface area contributed by atoms with Gasteiger partial charge in [-0.2, -0.15) is 11.8 Å². The van der Waals surface area contributed by atoms with Crippen LogP contribution in [0.4, 0.5) is 0 Å². The average molecular weight is 440 g/mol. The fourth-order valence-electron chi connectivity index (χ4n) is 2.50. The van der Waals surface area contributed by atoms with Crippen molar-refractivity contribution in [3.8, 4) is 0 Å². The molecular formula is C22H37N3O4S. The zero-order chi connectivity index (χ0) is 22.9. The number of rotatable bonds is 15. The fourth-order valence-corrected chi connectivity index (χ4v) is 3.51. The number of carboxylic acids is 1. The molecule has 5 N–H and O–H groups in total. The van der Waals surface area contributed by atoms with Gasteiger partial charge in [-0.1, -0.05) is 34.9 Å². The summed E-state index contributed by atoms with van der Waals surface area (Å²) < 4.78 is 0. The van der Waals surface area contributed by atoms with E-state index in [2.05, 4.69) is 51.2 Å². The maximum atomic E-state index is 11.8. The third-order valence-corrected chi connectivity index (χ3v) is 5.29. The first-order valence-corrected chi connectivity index (χ1v) is 11.3. The smallest absolute Gasteiger partial charge is 0.303 e. The first-order chi connectivity index (χ1) is 14.1. The Morgan fingerprint density at radius 2 is 1.53 bits per heavy atom. The van der Waals surface area contributed by atoms with E-state index in [9.17, 15) is 14.4 Å². The Bertz CT molecular complexity index is 653. The molecule has 0 aliphatic heterocycles. The van der Waals surface area contributed by atoms with Crippen molar-refractivity contribution in [1.82, 2.24) is 10.7 Å². The highest BCUT2D eigenvalue weighted by atomic mass is 32.2. The topological polar surface area (TPSA) is 122 Å². The lowest BCUT2D eigenvalue weighted by Crippen LogP contribution is -2.50. The van der Waals surface area contributed by atoms with E-state index < -0.39 is 23.8 Å². The van der Waals surface area contributed by atoms with Crippen LogP contribution in [0.15, 0.2) is 34.9 Å². The molecule has 0 aromatic carbocycles. The van der Waals surface area contributed by atoms with E-state index in [0.717, 1.165) is 25.7 Å². The molecule has 0 spiro atoms. The number of carbonyl (C=O) groups is 3. The predicted molar refractivity (Wildman–Crippen MR) is 124 cm³/mol. The van der Waals surface area contributed by atoms with Crippen molar-refractivity contribution >= 4 is 29.5 Å². The molecule has 2 amide bonds. The van der Waals surface area contributed by atoms with Crippen LogP contribution in [0.1, 0.15) is 66.2 Å².